The number of furan rings is 1. The normalized spacial score (nSPS) is 18.6. The smallest absolute Gasteiger partial charge is 0.293 e. The Hall–Kier alpha value is -2.51. The molecule has 3 aromatic rings. The summed E-state index contributed by atoms with van der Waals surface area (Å²) in [6, 6.07) is 4.22. The highest BCUT2D eigenvalue weighted by Crippen LogP contribution is 2.33. The van der Waals surface area contributed by atoms with Gasteiger partial charge in [0.2, 0.25) is 5.82 Å². The van der Waals surface area contributed by atoms with Gasteiger partial charge < -0.3 is 13.7 Å². The van der Waals surface area contributed by atoms with Crippen LogP contribution in [-0.2, 0) is 17.7 Å². The molecule has 0 amide bonds. The Bertz CT molecular complexity index is 929. The van der Waals surface area contributed by atoms with Gasteiger partial charge in [-0.15, -0.1) is 0 Å². The summed E-state index contributed by atoms with van der Waals surface area (Å²) in [6.45, 7) is 5.69. The van der Waals surface area contributed by atoms with E-state index in [0.29, 0.717) is 23.5 Å². The van der Waals surface area contributed by atoms with Gasteiger partial charge in [0.05, 0.1) is 6.26 Å². The third-order valence-corrected chi connectivity index (χ3v) is 5.58. The van der Waals surface area contributed by atoms with Crippen LogP contribution in [0.2, 0.25) is 0 Å². The van der Waals surface area contributed by atoms with Crippen molar-refractivity contribution in [2.45, 2.75) is 38.8 Å². The van der Waals surface area contributed by atoms with E-state index in [0.717, 1.165) is 56.8 Å². The van der Waals surface area contributed by atoms with E-state index in [9.17, 15) is 0 Å². The van der Waals surface area contributed by atoms with E-state index in [2.05, 4.69) is 20.0 Å². The molecule has 0 aliphatic carbocycles. The monoisotopic (exact) mass is 366 g/mol. The number of hydrogen-bond acceptors (Lipinski definition) is 7. The van der Waals surface area contributed by atoms with Crippen LogP contribution in [-0.4, -0.2) is 45.8 Å². The number of hydrogen-bond donors (Lipinski definition) is 0. The van der Waals surface area contributed by atoms with Gasteiger partial charge in [-0.3, -0.25) is 9.88 Å². The average molecular weight is 366 g/mol. The maximum atomic E-state index is 5.51. The molecule has 0 aromatic carbocycles. The van der Waals surface area contributed by atoms with Gasteiger partial charge in [0, 0.05) is 49.8 Å². The molecule has 2 aliphatic rings. The molecule has 5 heterocycles. The van der Waals surface area contributed by atoms with Crippen LogP contribution in [0.5, 0.6) is 0 Å². The van der Waals surface area contributed by atoms with E-state index >= 15 is 0 Å². The zero-order chi connectivity index (χ0) is 18.2. The summed E-state index contributed by atoms with van der Waals surface area (Å²) < 4.78 is 16.3. The van der Waals surface area contributed by atoms with E-state index in [1.54, 1.807) is 12.3 Å². The van der Waals surface area contributed by atoms with E-state index < -0.39 is 0 Å². The Morgan fingerprint density at radius 3 is 2.93 bits per heavy atom. The number of ether oxygens (including phenoxy) is 1. The van der Waals surface area contributed by atoms with Crippen LogP contribution in [0, 0.1) is 6.92 Å². The van der Waals surface area contributed by atoms with Crippen molar-refractivity contribution in [3.05, 3.63) is 41.4 Å². The van der Waals surface area contributed by atoms with Gasteiger partial charge in [0.1, 0.15) is 0 Å². The molecule has 3 aromatic heterocycles. The minimum atomic E-state index is 0.395. The van der Waals surface area contributed by atoms with Crippen molar-refractivity contribution in [3.8, 4) is 23.0 Å². The lowest BCUT2D eigenvalue weighted by Gasteiger charge is -2.37. The van der Waals surface area contributed by atoms with E-state index in [1.807, 2.05) is 19.2 Å². The maximum absolute atomic E-state index is 5.51. The summed E-state index contributed by atoms with van der Waals surface area (Å²) >= 11 is 0. The number of aryl methyl sites for hydroxylation is 1. The van der Waals surface area contributed by atoms with Gasteiger partial charge in [-0.2, -0.15) is 4.98 Å². The zero-order valence-corrected chi connectivity index (χ0v) is 15.4. The van der Waals surface area contributed by atoms with Crippen LogP contribution in [0.4, 0.5) is 0 Å². The molecule has 0 saturated carbocycles. The predicted octanol–water partition coefficient (Wildman–Crippen LogP) is 3.24. The van der Waals surface area contributed by atoms with Crippen molar-refractivity contribution in [1.82, 2.24) is 20.0 Å². The Morgan fingerprint density at radius 2 is 2.11 bits per heavy atom. The third-order valence-electron chi connectivity index (χ3n) is 5.58. The lowest BCUT2D eigenvalue weighted by molar-refractivity contribution is 0.0290. The van der Waals surface area contributed by atoms with E-state index in [-0.39, 0.29) is 0 Å². The van der Waals surface area contributed by atoms with Crippen LogP contribution in [0.1, 0.15) is 29.7 Å². The van der Waals surface area contributed by atoms with Crippen LogP contribution in [0.15, 0.2) is 33.5 Å². The molecule has 1 saturated heterocycles. The number of fused-ring (bicyclic) bond motifs is 1. The molecule has 0 spiro atoms. The average Bonchev–Trinajstić information content (AvgIpc) is 3.40. The lowest BCUT2D eigenvalue weighted by atomic mass is 9.93. The summed E-state index contributed by atoms with van der Waals surface area (Å²) in [5.74, 6) is 1.56. The predicted molar refractivity (Wildman–Crippen MR) is 97.9 cm³/mol. The fourth-order valence-corrected chi connectivity index (χ4v) is 4.16. The molecule has 0 radical (unpaired) electrons. The van der Waals surface area contributed by atoms with Gasteiger partial charge in [0.25, 0.3) is 5.89 Å². The second kappa shape index (κ2) is 6.90. The first-order valence-corrected chi connectivity index (χ1v) is 9.46. The molecule has 7 nitrogen and oxygen atoms in total. The van der Waals surface area contributed by atoms with E-state index in [4.69, 9.17) is 13.7 Å². The molecule has 27 heavy (non-hydrogen) atoms. The number of nitrogens with zero attached hydrogens (tertiary/aromatic N) is 4. The van der Waals surface area contributed by atoms with Crippen LogP contribution >= 0.6 is 0 Å². The third kappa shape index (κ3) is 3.07. The van der Waals surface area contributed by atoms with Gasteiger partial charge in [-0.25, -0.2) is 0 Å². The highest BCUT2D eigenvalue weighted by molar-refractivity contribution is 5.66. The Kier molecular flexibility index (Phi) is 4.26. The molecule has 0 bridgehead atoms. The summed E-state index contributed by atoms with van der Waals surface area (Å²) in [5, 5.41) is 4.20. The first kappa shape index (κ1) is 16.6. The van der Waals surface area contributed by atoms with Crippen molar-refractivity contribution in [1.29, 1.82) is 0 Å². The summed E-state index contributed by atoms with van der Waals surface area (Å²) in [4.78, 5) is 11.7. The maximum Gasteiger partial charge on any atom is 0.293 e. The molecule has 0 N–H and O–H groups in total. The topological polar surface area (TPSA) is 77.4 Å². The summed E-state index contributed by atoms with van der Waals surface area (Å²) in [6.07, 6.45) is 6.79. The fraction of sp³-hybridized carbons (Fsp3) is 0.450. The standard InChI is InChI=1S/C20H22N4O3/c1-13-18(19-22-20(27-23-19)17-3-2-8-26-17)16-4-7-24(12-14(16)11-21-13)15-5-9-25-10-6-15/h2-3,8,11,15H,4-7,9-10,12H2,1H3. The first-order valence-electron chi connectivity index (χ1n) is 9.46. The SMILES string of the molecule is Cc1ncc2c(c1-c1noc(-c3ccco3)n1)CCN(C1CCOCC1)C2. The number of pyridine rings is 1. The van der Waals surface area contributed by atoms with Crippen molar-refractivity contribution >= 4 is 0 Å². The highest BCUT2D eigenvalue weighted by atomic mass is 16.5. The molecule has 2 aliphatic heterocycles. The van der Waals surface area contributed by atoms with Crippen molar-refractivity contribution < 1.29 is 13.7 Å². The second-order valence-electron chi connectivity index (χ2n) is 7.19. The summed E-state index contributed by atoms with van der Waals surface area (Å²) in [7, 11) is 0. The fourth-order valence-electron chi connectivity index (χ4n) is 4.16. The molecule has 0 atom stereocenters. The number of aromatic nitrogens is 3. The van der Waals surface area contributed by atoms with Crippen molar-refractivity contribution in [3.63, 3.8) is 0 Å². The Labute approximate surface area is 157 Å². The van der Waals surface area contributed by atoms with Crippen LogP contribution in [0.25, 0.3) is 23.0 Å². The quantitative estimate of drug-likeness (QED) is 0.704. The van der Waals surface area contributed by atoms with Gasteiger partial charge in [-0.1, -0.05) is 5.16 Å². The molecule has 7 heteroatoms. The lowest BCUT2D eigenvalue weighted by Crippen LogP contribution is -2.42. The zero-order valence-electron chi connectivity index (χ0n) is 15.4. The molecular weight excluding hydrogens is 344 g/mol. The highest BCUT2D eigenvalue weighted by Gasteiger charge is 2.28. The van der Waals surface area contributed by atoms with Gasteiger partial charge in [-0.05, 0) is 49.4 Å². The number of rotatable bonds is 3. The van der Waals surface area contributed by atoms with Gasteiger partial charge in [0.15, 0.2) is 5.76 Å². The first-order chi connectivity index (χ1) is 13.3. The largest absolute Gasteiger partial charge is 0.459 e. The van der Waals surface area contributed by atoms with Crippen molar-refractivity contribution in [2.75, 3.05) is 19.8 Å². The molecular formula is C20H22N4O3. The van der Waals surface area contributed by atoms with Gasteiger partial charge >= 0.3 is 0 Å². The minimum absolute atomic E-state index is 0.395. The minimum Gasteiger partial charge on any atom is -0.459 e. The van der Waals surface area contributed by atoms with Crippen LogP contribution in [0.3, 0.4) is 0 Å². The van der Waals surface area contributed by atoms with Crippen molar-refractivity contribution in [2.24, 2.45) is 0 Å². The molecule has 1 fully saturated rings. The Morgan fingerprint density at radius 1 is 1.22 bits per heavy atom. The van der Waals surface area contributed by atoms with Crippen LogP contribution < -0.4 is 0 Å². The molecule has 5 rings (SSSR count). The Balaban J connectivity index is 1.46. The van der Waals surface area contributed by atoms with E-state index in [1.165, 1.54) is 11.1 Å². The molecule has 140 valence electrons. The molecule has 0 unspecified atom stereocenters. The summed E-state index contributed by atoms with van der Waals surface area (Å²) in [5.41, 5.74) is 4.48. The second-order valence-corrected chi connectivity index (χ2v) is 7.19.